The van der Waals surface area contributed by atoms with E-state index in [0.29, 0.717) is 4.90 Å². The molecule has 0 heterocycles. The van der Waals surface area contributed by atoms with Crippen LogP contribution in [0.2, 0.25) is 0 Å². The number of hydrogen-bond acceptors (Lipinski definition) is 3. The van der Waals surface area contributed by atoms with Gasteiger partial charge < -0.3 is 4.90 Å². The smallest absolute Gasteiger partial charge is 0.175 e. The van der Waals surface area contributed by atoms with Crippen LogP contribution in [0, 0.1) is 5.92 Å². The lowest BCUT2D eigenvalue weighted by molar-refractivity contribution is 0.547. The zero-order chi connectivity index (χ0) is 13.2. The monoisotopic (exact) mass is 267 g/mol. The molecule has 100 valence electrons. The van der Waals surface area contributed by atoms with Gasteiger partial charge in [0.1, 0.15) is 0 Å². The SMILES string of the molecule is CN(CC1CCCC1)c1ccc(S(C)(=O)=O)cc1. The van der Waals surface area contributed by atoms with Crippen LogP contribution in [0.15, 0.2) is 29.2 Å². The summed E-state index contributed by atoms with van der Waals surface area (Å²) in [4.78, 5) is 2.61. The molecule has 1 aromatic rings. The first kappa shape index (κ1) is 13.4. The molecule has 0 N–H and O–H groups in total. The molecule has 0 unspecified atom stereocenters. The molecule has 0 atom stereocenters. The summed E-state index contributed by atoms with van der Waals surface area (Å²) >= 11 is 0. The Labute approximate surface area is 110 Å². The maximum Gasteiger partial charge on any atom is 0.175 e. The van der Waals surface area contributed by atoms with Gasteiger partial charge in [-0.25, -0.2) is 8.42 Å². The van der Waals surface area contributed by atoms with E-state index in [2.05, 4.69) is 11.9 Å². The minimum Gasteiger partial charge on any atom is -0.374 e. The second-order valence-corrected chi connectivity index (χ2v) is 7.31. The second kappa shape index (κ2) is 5.31. The highest BCUT2D eigenvalue weighted by atomic mass is 32.2. The highest BCUT2D eigenvalue weighted by Crippen LogP contribution is 2.27. The molecule has 0 radical (unpaired) electrons. The number of nitrogens with zero attached hydrogens (tertiary/aromatic N) is 1. The van der Waals surface area contributed by atoms with Gasteiger partial charge in [0.25, 0.3) is 0 Å². The number of benzene rings is 1. The van der Waals surface area contributed by atoms with Gasteiger partial charge in [0.2, 0.25) is 0 Å². The van der Waals surface area contributed by atoms with E-state index in [1.165, 1.54) is 31.9 Å². The van der Waals surface area contributed by atoms with Crippen molar-refractivity contribution in [1.82, 2.24) is 0 Å². The highest BCUT2D eigenvalue weighted by Gasteiger charge is 2.17. The largest absolute Gasteiger partial charge is 0.374 e. The molecule has 1 aliphatic carbocycles. The quantitative estimate of drug-likeness (QED) is 0.841. The van der Waals surface area contributed by atoms with Crippen LogP contribution < -0.4 is 4.90 Å². The summed E-state index contributed by atoms with van der Waals surface area (Å²) in [6.07, 6.45) is 6.60. The summed E-state index contributed by atoms with van der Waals surface area (Å²) in [6.45, 7) is 1.07. The molecule has 3 nitrogen and oxygen atoms in total. The molecule has 0 spiro atoms. The van der Waals surface area contributed by atoms with Crippen molar-refractivity contribution in [3.05, 3.63) is 24.3 Å². The maximum atomic E-state index is 11.4. The molecule has 18 heavy (non-hydrogen) atoms. The Morgan fingerprint density at radius 1 is 1.17 bits per heavy atom. The van der Waals surface area contributed by atoms with E-state index in [9.17, 15) is 8.42 Å². The Balaban J connectivity index is 2.04. The van der Waals surface area contributed by atoms with Crippen molar-refractivity contribution in [2.45, 2.75) is 30.6 Å². The molecule has 0 aliphatic heterocycles. The minimum absolute atomic E-state index is 0.389. The summed E-state index contributed by atoms with van der Waals surface area (Å²) < 4.78 is 22.8. The average molecular weight is 267 g/mol. The molecular weight excluding hydrogens is 246 g/mol. The molecule has 2 rings (SSSR count). The van der Waals surface area contributed by atoms with Gasteiger partial charge in [0, 0.05) is 25.5 Å². The van der Waals surface area contributed by atoms with Crippen LogP contribution in [0.5, 0.6) is 0 Å². The van der Waals surface area contributed by atoms with Crippen molar-refractivity contribution in [3.8, 4) is 0 Å². The Kier molecular flexibility index (Phi) is 3.95. The van der Waals surface area contributed by atoms with E-state index in [4.69, 9.17) is 0 Å². The van der Waals surface area contributed by atoms with E-state index in [0.717, 1.165) is 18.2 Å². The van der Waals surface area contributed by atoms with Crippen molar-refractivity contribution >= 4 is 15.5 Å². The summed E-state index contributed by atoms with van der Waals surface area (Å²) in [5, 5.41) is 0. The lowest BCUT2D eigenvalue weighted by atomic mass is 10.1. The maximum absolute atomic E-state index is 11.4. The Bertz CT molecular complexity index is 487. The van der Waals surface area contributed by atoms with Crippen LogP contribution in [-0.4, -0.2) is 28.3 Å². The fourth-order valence-electron chi connectivity index (χ4n) is 2.63. The summed E-state index contributed by atoms with van der Waals surface area (Å²) in [6, 6.07) is 7.17. The standard InChI is InChI=1S/C14H21NO2S/c1-15(11-12-5-3-4-6-12)13-7-9-14(10-8-13)18(2,16)17/h7-10,12H,3-6,11H2,1-2H3. The van der Waals surface area contributed by atoms with Crippen molar-refractivity contribution in [2.75, 3.05) is 24.7 Å². The Morgan fingerprint density at radius 3 is 2.22 bits per heavy atom. The molecule has 0 amide bonds. The number of sulfone groups is 1. The molecular formula is C14H21NO2S. The first-order valence-corrected chi connectivity index (χ1v) is 8.37. The summed E-state index contributed by atoms with van der Waals surface area (Å²) in [5.41, 5.74) is 1.09. The van der Waals surface area contributed by atoms with E-state index in [1.54, 1.807) is 12.1 Å². The number of anilines is 1. The van der Waals surface area contributed by atoms with E-state index < -0.39 is 9.84 Å². The molecule has 4 heteroatoms. The van der Waals surface area contributed by atoms with Gasteiger partial charge in [-0.3, -0.25) is 0 Å². The molecule has 1 saturated carbocycles. The molecule has 0 aromatic heterocycles. The topological polar surface area (TPSA) is 37.4 Å². The normalized spacial score (nSPS) is 17.0. The molecule has 1 aliphatic rings. The summed E-state index contributed by atoms with van der Waals surface area (Å²) in [7, 11) is -1.01. The fourth-order valence-corrected chi connectivity index (χ4v) is 3.26. The fraction of sp³-hybridized carbons (Fsp3) is 0.571. The van der Waals surface area contributed by atoms with Gasteiger partial charge in [0.15, 0.2) is 9.84 Å². The van der Waals surface area contributed by atoms with Gasteiger partial charge in [-0.1, -0.05) is 12.8 Å². The molecule has 1 fully saturated rings. The predicted molar refractivity (Wildman–Crippen MR) is 74.8 cm³/mol. The first-order valence-electron chi connectivity index (χ1n) is 6.48. The van der Waals surface area contributed by atoms with Crippen LogP contribution in [0.3, 0.4) is 0 Å². The van der Waals surface area contributed by atoms with Gasteiger partial charge in [-0.15, -0.1) is 0 Å². The molecule has 1 aromatic carbocycles. The van der Waals surface area contributed by atoms with Gasteiger partial charge >= 0.3 is 0 Å². The third-order valence-electron chi connectivity index (χ3n) is 3.71. The van der Waals surface area contributed by atoms with Crippen molar-refractivity contribution in [3.63, 3.8) is 0 Å². The van der Waals surface area contributed by atoms with Gasteiger partial charge in [-0.05, 0) is 43.0 Å². The average Bonchev–Trinajstić information content (AvgIpc) is 2.81. The van der Waals surface area contributed by atoms with Crippen LogP contribution in [0.1, 0.15) is 25.7 Å². The number of hydrogen-bond donors (Lipinski definition) is 0. The molecule has 0 bridgehead atoms. The van der Waals surface area contributed by atoms with Crippen molar-refractivity contribution in [2.24, 2.45) is 5.92 Å². The predicted octanol–water partition coefficient (Wildman–Crippen LogP) is 2.72. The third kappa shape index (κ3) is 3.25. The van der Waals surface area contributed by atoms with Gasteiger partial charge in [-0.2, -0.15) is 0 Å². The number of rotatable bonds is 4. The van der Waals surface area contributed by atoms with Crippen LogP contribution in [-0.2, 0) is 9.84 Å². The lowest BCUT2D eigenvalue weighted by Gasteiger charge is -2.23. The van der Waals surface area contributed by atoms with E-state index in [-0.39, 0.29) is 0 Å². The molecule has 0 saturated heterocycles. The third-order valence-corrected chi connectivity index (χ3v) is 4.84. The first-order chi connectivity index (χ1) is 8.47. The van der Waals surface area contributed by atoms with Crippen LogP contribution in [0.25, 0.3) is 0 Å². The van der Waals surface area contributed by atoms with Crippen LogP contribution >= 0.6 is 0 Å². The van der Waals surface area contributed by atoms with Crippen LogP contribution in [0.4, 0.5) is 5.69 Å². The van der Waals surface area contributed by atoms with Gasteiger partial charge in [0.05, 0.1) is 4.90 Å². The second-order valence-electron chi connectivity index (χ2n) is 5.30. The van der Waals surface area contributed by atoms with E-state index >= 15 is 0 Å². The lowest BCUT2D eigenvalue weighted by Crippen LogP contribution is -2.23. The summed E-state index contributed by atoms with van der Waals surface area (Å²) in [5.74, 6) is 0.796. The Morgan fingerprint density at radius 2 is 1.72 bits per heavy atom. The zero-order valence-corrected chi connectivity index (χ0v) is 11.9. The minimum atomic E-state index is -3.09. The van der Waals surface area contributed by atoms with E-state index in [1.807, 2.05) is 12.1 Å². The zero-order valence-electron chi connectivity index (χ0n) is 11.1. The Hall–Kier alpha value is -1.03. The highest BCUT2D eigenvalue weighted by molar-refractivity contribution is 7.90. The van der Waals surface area contributed by atoms with Crippen molar-refractivity contribution < 1.29 is 8.42 Å². The van der Waals surface area contributed by atoms with Crippen molar-refractivity contribution in [1.29, 1.82) is 0 Å².